The Balaban J connectivity index is 0.000000199. The summed E-state index contributed by atoms with van der Waals surface area (Å²) in [5, 5.41) is 4.80. The molecule has 7 aromatic rings. The van der Waals surface area contributed by atoms with E-state index in [1.54, 1.807) is 12.1 Å². The fraction of sp³-hybridized carbons (Fsp3) is 0.279. The Kier molecular flexibility index (Phi) is 7.16. The molecule has 251 valence electrons. The maximum absolute atomic E-state index is 8.68. The van der Waals surface area contributed by atoms with Crippen LogP contribution in [-0.4, -0.2) is 23.0 Å². The molecule has 0 atom stereocenters. The van der Waals surface area contributed by atoms with Gasteiger partial charge in [-0.1, -0.05) is 91.3 Å². The number of aromatic nitrogens is 3. The first kappa shape index (κ1) is 24.2. The van der Waals surface area contributed by atoms with Gasteiger partial charge in [0.1, 0.15) is 0 Å². The molecule has 0 fully saturated rings. The topological polar surface area (TPSA) is 51.8 Å². The first-order chi connectivity index (χ1) is 26.9. The Morgan fingerprint density at radius 1 is 0.898 bits per heavy atom. The van der Waals surface area contributed by atoms with Gasteiger partial charge in [0.15, 0.2) is 0 Å². The number of pyridine rings is 3. The number of aryl methyl sites for hydroxylation is 2. The maximum atomic E-state index is 8.68. The number of fused-ring (bicyclic) bond motifs is 5. The van der Waals surface area contributed by atoms with Gasteiger partial charge in [-0.05, 0) is 79.5 Å². The number of hydrogen-bond acceptors (Lipinski definition) is 4. The Morgan fingerprint density at radius 3 is 2.47 bits per heavy atom. The Hall–Kier alpha value is -3.96. The van der Waals surface area contributed by atoms with Crippen LogP contribution in [-0.2, 0) is 39.2 Å². The van der Waals surface area contributed by atoms with Gasteiger partial charge in [-0.3, -0.25) is 0 Å². The summed E-state index contributed by atoms with van der Waals surface area (Å²) in [4.78, 5) is 13.3. The van der Waals surface area contributed by atoms with E-state index in [1.807, 2.05) is 63.4 Å². The normalized spacial score (nSPS) is 20.3. The van der Waals surface area contributed by atoms with Gasteiger partial charge in [-0.15, -0.1) is 52.9 Å². The summed E-state index contributed by atoms with van der Waals surface area (Å²) < 4.78 is 89.6. The zero-order valence-corrected chi connectivity index (χ0v) is 31.6. The van der Waals surface area contributed by atoms with Crippen molar-refractivity contribution in [1.29, 1.82) is 0 Å². The predicted molar refractivity (Wildman–Crippen MR) is 202 cm³/mol. The van der Waals surface area contributed by atoms with Crippen molar-refractivity contribution in [3.8, 4) is 22.5 Å². The van der Waals surface area contributed by atoms with Gasteiger partial charge in [0.25, 0.3) is 0 Å². The van der Waals surface area contributed by atoms with E-state index in [0.717, 1.165) is 43.9 Å². The minimum Gasteiger partial charge on any atom is -0.486 e. The van der Waals surface area contributed by atoms with E-state index in [4.69, 9.17) is 23.1 Å². The molecule has 3 aromatic carbocycles. The Bertz CT molecular complexity index is 2730. The molecular formula is C43H43IrN3OSi-2. The number of furan rings is 1. The minimum absolute atomic E-state index is 0. The zero-order valence-electron chi connectivity index (χ0n) is 38.2. The molecule has 4 heterocycles. The Labute approximate surface area is 318 Å². The standard InChI is InChI=1S/C22H26NSi.C21H17N2O.Ir/c1-16(2)12-20-14-21(23-15-22(20)24(3,4)5)19-11-10-17-8-6-7-9-18(17)13-19;1-13-6-8-17-18-12-15(7-9-19(18)24-21(17)23-13)20-16-5-3-2-4-14(16)10-11-22-20;/h6-10,13-16H,12H2,1-5H3;6,8-12H,2-5H2,1H3;/q2*-1;/i12D2;2D2,3D2,4D2,5D2;. The van der Waals surface area contributed by atoms with Crippen molar-refractivity contribution >= 4 is 46.1 Å². The van der Waals surface area contributed by atoms with Crippen molar-refractivity contribution in [2.24, 2.45) is 5.92 Å². The molecule has 1 aliphatic carbocycles. The van der Waals surface area contributed by atoms with E-state index in [0.29, 0.717) is 22.2 Å². The quantitative estimate of drug-likeness (QED) is 0.128. The first-order valence-corrected chi connectivity index (χ1v) is 19.5. The molecule has 0 N–H and O–H groups in total. The van der Waals surface area contributed by atoms with Crippen molar-refractivity contribution < 1.29 is 38.2 Å². The third-order valence-electron chi connectivity index (χ3n) is 8.17. The van der Waals surface area contributed by atoms with Gasteiger partial charge < -0.3 is 14.4 Å². The summed E-state index contributed by atoms with van der Waals surface area (Å²) in [5.41, 5.74) is 3.95. The van der Waals surface area contributed by atoms with Crippen molar-refractivity contribution in [1.82, 2.24) is 15.0 Å². The van der Waals surface area contributed by atoms with Crippen LogP contribution in [0.15, 0.2) is 89.6 Å². The second kappa shape index (κ2) is 14.5. The molecule has 49 heavy (non-hydrogen) atoms. The van der Waals surface area contributed by atoms with E-state index in [1.165, 1.54) is 12.3 Å². The SMILES string of the molecule is [2H]C([2H])(c1cc(-c2[c-]cc3ccccc3c2)ncc1[Si](C)(C)C)C(C)C.[2H]C1([2H])c2ccnc(-c3[c-]cc4oc5nc(C)ccc5c4c3)c2C([2H])([2H])C([2H])([2H])C1([2H])[2H].[Ir]. The zero-order chi connectivity index (χ0) is 42.4. The van der Waals surface area contributed by atoms with Crippen LogP contribution in [0.4, 0.5) is 0 Å². The van der Waals surface area contributed by atoms with Gasteiger partial charge in [0.2, 0.25) is 5.71 Å². The van der Waals surface area contributed by atoms with Gasteiger partial charge in [0.05, 0.1) is 13.7 Å². The van der Waals surface area contributed by atoms with Gasteiger partial charge in [-0.2, -0.15) is 0 Å². The van der Waals surface area contributed by atoms with Gasteiger partial charge >= 0.3 is 0 Å². The van der Waals surface area contributed by atoms with Crippen LogP contribution in [0, 0.1) is 25.0 Å². The molecule has 0 saturated carbocycles. The predicted octanol–water partition coefficient (Wildman–Crippen LogP) is 10.5. The monoisotopic (exact) mass is 848 g/mol. The van der Waals surface area contributed by atoms with Crippen LogP contribution < -0.4 is 5.19 Å². The molecule has 6 heteroatoms. The molecule has 1 radical (unpaired) electrons. The fourth-order valence-corrected chi connectivity index (χ4v) is 7.23. The smallest absolute Gasteiger partial charge is 0.216 e. The molecule has 0 bridgehead atoms. The summed E-state index contributed by atoms with van der Waals surface area (Å²) in [6, 6.07) is 28.6. The van der Waals surface area contributed by atoms with Crippen LogP contribution in [0.1, 0.15) is 62.7 Å². The maximum Gasteiger partial charge on any atom is 0.216 e. The molecular weight excluding hydrogens is 795 g/mol. The first-order valence-electron chi connectivity index (χ1n) is 21.0. The molecule has 4 nitrogen and oxygen atoms in total. The molecule has 0 unspecified atom stereocenters. The molecule has 0 saturated heterocycles. The minimum atomic E-state index is -3.16. The summed E-state index contributed by atoms with van der Waals surface area (Å²) >= 11 is 0. The number of rotatable bonds is 5. The van der Waals surface area contributed by atoms with E-state index in [2.05, 4.69) is 59.9 Å². The van der Waals surface area contributed by atoms with Crippen molar-refractivity contribution in [3.63, 3.8) is 0 Å². The third kappa shape index (κ3) is 7.47. The van der Waals surface area contributed by atoms with Gasteiger partial charge in [-0.25, -0.2) is 4.98 Å². The van der Waals surface area contributed by atoms with Crippen LogP contribution >= 0.6 is 0 Å². The molecule has 8 rings (SSSR count). The van der Waals surface area contributed by atoms with Crippen LogP contribution in [0.25, 0.3) is 55.4 Å². The van der Waals surface area contributed by atoms with Gasteiger partial charge in [0, 0.05) is 57.3 Å². The number of hydrogen-bond donors (Lipinski definition) is 0. The average molecular weight is 848 g/mol. The number of nitrogens with zero attached hydrogens (tertiary/aromatic N) is 3. The van der Waals surface area contributed by atoms with Crippen molar-refractivity contribution in [2.75, 3.05) is 0 Å². The third-order valence-corrected chi connectivity index (χ3v) is 10.2. The Morgan fingerprint density at radius 2 is 1.67 bits per heavy atom. The average Bonchev–Trinajstić information content (AvgIpc) is 3.53. The molecule has 0 amide bonds. The largest absolute Gasteiger partial charge is 0.486 e. The van der Waals surface area contributed by atoms with Crippen LogP contribution in [0.5, 0.6) is 0 Å². The van der Waals surface area contributed by atoms with Crippen molar-refractivity contribution in [3.05, 3.63) is 120 Å². The molecule has 0 aliphatic heterocycles. The molecule has 4 aromatic heterocycles. The molecule has 0 spiro atoms. The fourth-order valence-electron chi connectivity index (χ4n) is 5.82. The van der Waals surface area contributed by atoms with E-state index >= 15 is 0 Å². The second-order valence-electron chi connectivity index (χ2n) is 13.3. The summed E-state index contributed by atoms with van der Waals surface area (Å²) in [7, 11) is -1.71. The summed E-state index contributed by atoms with van der Waals surface area (Å²) in [5.74, 6) is -0.103. The van der Waals surface area contributed by atoms with E-state index in [9.17, 15) is 0 Å². The molecule has 1 aliphatic rings. The number of benzene rings is 3. The summed E-state index contributed by atoms with van der Waals surface area (Å²) in [6.07, 6.45) is -10.1. The van der Waals surface area contributed by atoms with Crippen LogP contribution in [0.2, 0.25) is 19.6 Å². The van der Waals surface area contributed by atoms with Crippen molar-refractivity contribution in [2.45, 2.75) is 72.3 Å². The van der Waals surface area contributed by atoms with E-state index in [-0.39, 0.29) is 42.8 Å². The second-order valence-corrected chi connectivity index (χ2v) is 18.3. The summed E-state index contributed by atoms with van der Waals surface area (Å²) in [6.45, 7) is 12.4. The van der Waals surface area contributed by atoms with Crippen LogP contribution in [0.3, 0.4) is 0 Å². The van der Waals surface area contributed by atoms with E-state index < -0.39 is 39.9 Å².